The van der Waals surface area contributed by atoms with Crippen LogP contribution in [-0.2, 0) is 9.53 Å². The van der Waals surface area contributed by atoms with E-state index in [-0.39, 0.29) is 6.54 Å². The summed E-state index contributed by atoms with van der Waals surface area (Å²) in [6, 6.07) is 6.43. The SMILES string of the molecule is COCCCOc1ccc(C(=O)NCC(C)(O)C(=O)O)cc1. The molecule has 0 bridgehead atoms. The van der Waals surface area contributed by atoms with Crippen LogP contribution >= 0.6 is 0 Å². The molecule has 7 nitrogen and oxygen atoms in total. The third-order valence-electron chi connectivity index (χ3n) is 2.93. The first-order chi connectivity index (χ1) is 10.4. The summed E-state index contributed by atoms with van der Waals surface area (Å²) >= 11 is 0. The van der Waals surface area contributed by atoms with Crippen molar-refractivity contribution in [2.75, 3.05) is 26.9 Å². The Morgan fingerprint density at radius 1 is 1.23 bits per heavy atom. The molecule has 7 heteroatoms. The first-order valence-electron chi connectivity index (χ1n) is 6.82. The fraction of sp³-hybridized carbons (Fsp3) is 0.467. The molecule has 1 amide bonds. The molecule has 0 heterocycles. The molecular weight excluding hydrogens is 290 g/mol. The zero-order valence-corrected chi connectivity index (χ0v) is 12.7. The van der Waals surface area contributed by atoms with Crippen molar-refractivity contribution < 1.29 is 29.3 Å². The van der Waals surface area contributed by atoms with Crippen LogP contribution in [0.15, 0.2) is 24.3 Å². The van der Waals surface area contributed by atoms with Crippen LogP contribution < -0.4 is 10.1 Å². The van der Waals surface area contributed by atoms with E-state index in [9.17, 15) is 14.7 Å². The molecule has 122 valence electrons. The molecule has 1 unspecified atom stereocenters. The van der Waals surface area contributed by atoms with Gasteiger partial charge in [-0.2, -0.15) is 0 Å². The molecule has 0 saturated heterocycles. The van der Waals surface area contributed by atoms with E-state index in [1.807, 2.05) is 0 Å². The topological polar surface area (TPSA) is 105 Å². The molecule has 22 heavy (non-hydrogen) atoms. The van der Waals surface area contributed by atoms with Gasteiger partial charge >= 0.3 is 5.97 Å². The summed E-state index contributed by atoms with van der Waals surface area (Å²) in [4.78, 5) is 22.6. The van der Waals surface area contributed by atoms with E-state index >= 15 is 0 Å². The lowest BCUT2D eigenvalue weighted by Gasteiger charge is -2.18. The van der Waals surface area contributed by atoms with Crippen LogP contribution in [0.1, 0.15) is 23.7 Å². The van der Waals surface area contributed by atoms with Crippen molar-refractivity contribution in [3.8, 4) is 5.75 Å². The Labute approximate surface area is 128 Å². The summed E-state index contributed by atoms with van der Waals surface area (Å²) in [7, 11) is 1.62. The van der Waals surface area contributed by atoms with Gasteiger partial charge in [-0.15, -0.1) is 0 Å². The fourth-order valence-corrected chi connectivity index (χ4v) is 1.53. The van der Waals surface area contributed by atoms with Crippen LogP contribution in [0, 0.1) is 0 Å². The van der Waals surface area contributed by atoms with E-state index in [1.54, 1.807) is 31.4 Å². The van der Waals surface area contributed by atoms with Crippen molar-refractivity contribution >= 4 is 11.9 Å². The molecule has 0 spiro atoms. The van der Waals surface area contributed by atoms with Gasteiger partial charge in [0.25, 0.3) is 5.91 Å². The predicted octanol–water partition coefficient (Wildman–Crippen LogP) is 0.667. The summed E-state index contributed by atoms with van der Waals surface area (Å²) < 4.78 is 10.4. The van der Waals surface area contributed by atoms with Gasteiger partial charge in [-0.05, 0) is 31.2 Å². The van der Waals surface area contributed by atoms with E-state index in [0.29, 0.717) is 24.5 Å². The molecule has 1 atom stereocenters. The maximum atomic E-state index is 11.9. The minimum Gasteiger partial charge on any atom is -0.494 e. The lowest BCUT2D eigenvalue weighted by atomic mass is 10.1. The van der Waals surface area contributed by atoms with Crippen LogP contribution in [0.25, 0.3) is 0 Å². The van der Waals surface area contributed by atoms with Gasteiger partial charge in [0.15, 0.2) is 5.60 Å². The normalized spacial score (nSPS) is 13.2. The molecule has 0 radical (unpaired) electrons. The quantitative estimate of drug-likeness (QED) is 0.579. The molecule has 0 aliphatic rings. The summed E-state index contributed by atoms with van der Waals surface area (Å²) in [6.07, 6.45) is 0.767. The third kappa shape index (κ3) is 5.71. The monoisotopic (exact) mass is 311 g/mol. The van der Waals surface area contributed by atoms with Gasteiger partial charge in [0, 0.05) is 25.7 Å². The van der Waals surface area contributed by atoms with Crippen molar-refractivity contribution in [2.24, 2.45) is 0 Å². The number of nitrogens with one attached hydrogen (secondary N) is 1. The first-order valence-corrected chi connectivity index (χ1v) is 6.82. The second-order valence-electron chi connectivity index (χ2n) is 4.98. The number of benzene rings is 1. The number of hydrogen-bond donors (Lipinski definition) is 3. The number of hydrogen-bond acceptors (Lipinski definition) is 5. The predicted molar refractivity (Wildman–Crippen MR) is 79.0 cm³/mol. The second-order valence-corrected chi connectivity index (χ2v) is 4.98. The molecule has 0 saturated carbocycles. The summed E-state index contributed by atoms with van der Waals surface area (Å²) in [6.45, 7) is 1.87. The van der Waals surface area contributed by atoms with Crippen molar-refractivity contribution in [3.05, 3.63) is 29.8 Å². The van der Waals surface area contributed by atoms with Gasteiger partial charge in [0.1, 0.15) is 5.75 Å². The number of carboxylic acid groups (broad SMARTS) is 1. The van der Waals surface area contributed by atoms with E-state index in [0.717, 1.165) is 13.3 Å². The van der Waals surface area contributed by atoms with Gasteiger partial charge in [-0.1, -0.05) is 0 Å². The molecule has 0 fully saturated rings. The number of carbonyl (C=O) groups is 2. The highest BCUT2D eigenvalue weighted by atomic mass is 16.5. The maximum Gasteiger partial charge on any atom is 0.337 e. The Morgan fingerprint density at radius 2 is 1.86 bits per heavy atom. The Bertz CT molecular complexity index is 497. The van der Waals surface area contributed by atoms with E-state index in [4.69, 9.17) is 14.6 Å². The zero-order chi connectivity index (χ0) is 16.6. The van der Waals surface area contributed by atoms with E-state index < -0.39 is 17.5 Å². The summed E-state index contributed by atoms with van der Waals surface area (Å²) in [5.74, 6) is -1.23. The number of carboxylic acids is 1. The number of rotatable bonds is 9. The maximum absolute atomic E-state index is 11.9. The Morgan fingerprint density at radius 3 is 2.41 bits per heavy atom. The average Bonchev–Trinajstić information content (AvgIpc) is 2.50. The van der Waals surface area contributed by atoms with Crippen molar-refractivity contribution in [1.82, 2.24) is 5.32 Å². The minimum atomic E-state index is -2.00. The van der Waals surface area contributed by atoms with Gasteiger partial charge in [-0.25, -0.2) is 4.79 Å². The number of methoxy groups -OCH3 is 1. The lowest BCUT2D eigenvalue weighted by molar-refractivity contribution is -0.155. The first kappa shape index (κ1) is 17.9. The lowest BCUT2D eigenvalue weighted by Crippen LogP contribution is -2.46. The zero-order valence-electron chi connectivity index (χ0n) is 12.7. The number of aliphatic carboxylic acids is 1. The Kier molecular flexibility index (Phi) is 6.81. The standard InChI is InChI=1S/C15H21NO6/c1-15(20,14(18)19)10-16-13(17)11-4-6-12(7-5-11)22-9-3-8-21-2/h4-7,20H,3,8-10H2,1-2H3,(H,16,17)(H,18,19). The largest absolute Gasteiger partial charge is 0.494 e. The van der Waals surface area contributed by atoms with Crippen molar-refractivity contribution in [3.63, 3.8) is 0 Å². The number of aliphatic hydroxyl groups is 1. The number of ether oxygens (including phenoxy) is 2. The number of amides is 1. The van der Waals surface area contributed by atoms with Crippen LogP contribution in [0.2, 0.25) is 0 Å². The van der Waals surface area contributed by atoms with Gasteiger partial charge in [0.05, 0.1) is 13.2 Å². The molecule has 1 rings (SSSR count). The van der Waals surface area contributed by atoms with Gasteiger partial charge in [0.2, 0.25) is 0 Å². The highest BCUT2D eigenvalue weighted by Gasteiger charge is 2.30. The molecule has 0 aromatic heterocycles. The van der Waals surface area contributed by atoms with Crippen LogP contribution in [0.3, 0.4) is 0 Å². The van der Waals surface area contributed by atoms with E-state index in [1.165, 1.54) is 0 Å². The fourth-order valence-electron chi connectivity index (χ4n) is 1.53. The Balaban J connectivity index is 2.48. The molecule has 0 aliphatic heterocycles. The molecule has 3 N–H and O–H groups in total. The van der Waals surface area contributed by atoms with Gasteiger partial charge < -0.3 is 25.0 Å². The van der Waals surface area contributed by atoms with E-state index in [2.05, 4.69) is 5.32 Å². The van der Waals surface area contributed by atoms with Gasteiger partial charge in [-0.3, -0.25) is 4.79 Å². The number of carbonyl (C=O) groups excluding carboxylic acids is 1. The molecule has 1 aromatic carbocycles. The highest BCUT2D eigenvalue weighted by molar-refractivity contribution is 5.94. The second kappa shape index (κ2) is 8.35. The summed E-state index contributed by atoms with van der Waals surface area (Å²) in [5, 5.41) is 20.7. The molecule has 0 aliphatic carbocycles. The summed E-state index contributed by atoms with van der Waals surface area (Å²) in [5.41, 5.74) is -1.65. The highest BCUT2D eigenvalue weighted by Crippen LogP contribution is 2.12. The van der Waals surface area contributed by atoms with Crippen LogP contribution in [0.5, 0.6) is 5.75 Å². The van der Waals surface area contributed by atoms with Crippen LogP contribution in [-0.4, -0.2) is 54.6 Å². The van der Waals surface area contributed by atoms with Crippen molar-refractivity contribution in [1.29, 1.82) is 0 Å². The smallest absolute Gasteiger partial charge is 0.337 e. The molecular formula is C15H21NO6. The van der Waals surface area contributed by atoms with Crippen molar-refractivity contribution in [2.45, 2.75) is 18.9 Å². The third-order valence-corrected chi connectivity index (χ3v) is 2.93. The average molecular weight is 311 g/mol. The van der Waals surface area contributed by atoms with Crippen LogP contribution in [0.4, 0.5) is 0 Å². The molecule has 1 aromatic rings. The Hall–Kier alpha value is -2.12. The minimum absolute atomic E-state index is 0.352.